The molecule has 0 radical (unpaired) electrons. The lowest BCUT2D eigenvalue weighted by molar-refractivity contribution is -0.122. The van der Waals surface area contributed by atoms with Gasteiger partial charge in [-0.2, -0.15) is 0 Å². The molecule has 0 spiro atoms. The number of hydrogen-bond acceptors (Lipinski definition) is 1. The fourth-order valence-electron chi connectivity index (χ4n) is 3.57. The molecule has 0 aliphatic heterocycles. The Kier molecular flexibility index (Phi) is 4.68. The van der Waals surface area contributed by atoms with Gasteiger partial charge in [0.15, 0.2) is 0 Å². The van der Waals surface area contributed by atoms with Crippen LogP contribution in [0.1, 0.15) is 30.4 Å². The zero-order chi connectivity index (χ0) is 18.3. The summed E-state index contributed by atoms with van der Waals surface area (Å²) in [4.78, 5) is 15.7. The Morgan fingerprint density at radius 3 is 2.73 bits per heavy atom. The normalized spacial score (nSPS) is 20.1. The number of H-pyrrole nitrogens is 1. The number of benzene rings is 2. The zero-order valence-corrected chi connectivity index (χ0v) is 15.9. The summed E-state index contributed by atoms with van der Waals surface area (Å²) in [6.45, 7) is 2.61. The van der Waals surface area contributed by atoms with E-state index in [2.05, 4.69) is 23.3 Å². The largest absolute Gasteiger partial charge is 0.361 e. The fraction of sp³-hybridized carbons (Fsp3) is 0.286. The third-order valence-electron chi connectivity index (χ3n) is 5.26. The summed E-state index contributed by atoms with van der Waals surface area (Å²) in [5.74, 6) is 0.723. The summed E-state index contributed by atoms with van der Waals surface area (Å²) < 4.78 is 0. The number of para-hydroxylation sites is 1. The molecule has 1 aliphatic carbocycles. The van der Waals surface area contributed by atoms with E-state index in [-0.39, 0.29) is 17.7 Å². The first-order valence-corrected chi connectivity index (χ1v) is 9.59. The number of aromatic nitrogens is 1. The molecule has 1 aromatic heterocycles. The lowest BCUT2D eigenvalue weighted by atomic mass is 9.90. The first kappa shape index (κ1) is 17.4. The van der Waals surface area contributed by atoms with Gasteiger partial charge in [0.2, 0.25) is 5.91 Å². The molecular weight excluding hydrogens is 367 g/mol. The summed E-state index contributed by atoms with van der Waals surface area (Å²) in [5, 5.41) is 5.48. The highest BCUT2D eigenvalue weighted by molar-refractivity contribution is 6.35. The second-order valence-corrected chi connectivity index (χ2v) is 7.92. The molecule has 2 N–H and O–H groups in total. The molecule has 3 aromatic rings. The van der Waals surface area contributed by atoms with Crippen LogP contribution < -0.4 is 5.32 Å². The molecule has 134 valence electrons. The topological polar surface area (TPSA) is 44.9 Å². The summed E-state index contributed by atoms with van der Waals surface area (Å²) in [5.41, 5.74) is 3.15. The Balaban J connectivity index is 1.70. The van der Waals surface area contributed by atoms with Gasteiger partial charge >= 0.3 is 0 Å². The van der Waals surface area contributed by atoms with Crippen LogP contribution in [0.15, 0.2) is 48.7 Å². The van der Waals surface area contributed by atoms with Gasteiger partial charge in [-0.25, -0.2) is 0 Å². The first-order valence-electron chi connectivity index (χ1n) is 8.83. The van der Waals surface area contributed by atoms with Gasteiger partial charge in [-0.15, -0.1) is 0 Å². The van der Waals surface area contributed by atoms with Crippen LogP contribution in [0.3, 0.4) is 0 Å². The van der Waals surface area contributed by atoms with Crippen molar-refractivity contribution in [3.8, 4) is 0 Å². The number of nitrogens with one attached hydrogen (secondary N) is 2. The van der Waals surface area contributed by atoms with E-state index in [1.54, 1.807) is 6.07 Å². The third-order valence-corrected chi connectivity index (χ3v) is 5.82. The molecule has 1 aliphatic rings. The van der Waals surface area contributed by atoms with Gasteiger partial charge in [-0.1, -0.05) is 54.4 Å². The molecule has 3 atom stereocenters. The molecule has 0 bridgehead atoms. The van der Waals surface area contributed by atoms with Crippen molar-refractivity contribution in [3.63, 3.8) is 0 Å². The summed E-state index contributed by atoms with van der Waals surface area (Å²) in [6, 6.07) is 13.7. The van der Waals surface area contributed by atoms with Crippen molar-refractivity contribution >= 4 is 40.0 Å². The van der Waals surface area contributed by atoms with Gasteiger partial charge < -0.3 is 10.3 Å². The number of fused-ring (bicyclic) bond motifs is 1. The molecular formula is C21H20Cl2N2O. The average molecular weight is 387 g/mol. The molecule has 5 heteroatoms. The maximum absolute atomic E-state index is 12.4. The van der Waals surface area contributed by atoms with Gasteiger partial charge in [0.05, 0.1) is 0 Å². The molecule has 26 heavy (non-hydrogen) atoms. The molecule has 3 unspecified atom stereocenters. The maximum Gasteiger partial charge on any atom is 0.223 e. The Hall–Kier alpha value is -1.97. The van der Waals surface area contributed by atoms with Crippen LogP contribution in [0.25, 0.3) is 10.9 Å². The van der Waals surface area contributed by atoms with Crippen molar-refractivity contribution in [1.29, 1.82) is 0 Å². The molecule has 1 saturated carbocycles. The number of amides is 1. The van der Waals surface area contributed by atoms with Crippen molar-refractivity contribution in [1.82, 2.24) is 10.3 Å². The smallest absolute Gasteiger partial charge is 0.223 e. The Morgan fingerprint density at radius 2 is 2.00 bits per heavy atom. The lowest BCUT2D eigenvalue weighted by Crippen LogP contribution is -2.30. The number of halogens is 2. The van der Waals surface area contributed by atoms with Crippen LogP contribution in [0.4, 0.5) is 0 Å². The monoisotopic (exact) mass is 386 g/mol. The van der Waals surface area contributed by atoms with E-state index in [4.69, 9.17) is 23.2 Å². The highest BCUT2D eigenvalue weighted by Gasteiger charge is 2.39. The highest BCUT2D eigenvalue weighted by atomic mass is 35.5. The number of rotatable bonds is 5. The van der Waals surface area contributed by atoms with Crippen LogP contribution >= 0.6 is 23.2 Å². The molecule has 1 amide bonds. The quantitative estimate of drug-likeness (QED) is 0.607. The summed E-state index contributed by atoms with van der Waals surface area (Å²) in [6.07, 6.45) is 2.98. The predicted octanol–water partition coefficient (Wildman–Crippen LogP) is 5.38. The maximum atomic E-state index is 12.4. The molecule has 2 aromatic carbocycles. The average Bonchev–Trinajstić information content (AvgIpc) is 3.21. The van der Waals surface area contributed by atoms with E-state index in [0.29, 0.717) is 22.5 Å². The predicted molar refractivity (Wildman–Crippen MR) is 107 cm³/mol. The van der Waals surface area contributed by atoms with Crippen molar-refractivity contribution in [3.05, 3.63) is 69.8 Å². The molecule has 1 fully saturated rings. The number of hydrogen-bond donors (Lipinski definition) is 2. The Labute approximate surface area is 162 Å². The van der Waals surface area contributed by atoms with Gasteiger partial charge in [0, 0.05) is 45.5 Å². The first-order chi connectivity index (χ1) is 12.5. The van der Waals surface area contributed by atoms with E-state index in [1.807, 2.05) is 36.5 Å². The van der Waals surface area contributed by atoms with E-state index in [1.165, 1.54) is 0 Å². The molecule has 3 nitrogen and oxygen atoms in total. The van der Waals surface area contributed by atoms with Crippen molar-refractivity contribution in [2.45, 2.75) is 19.3 Å². The van der Waals surface area contributed by atoms with Gasteiger partial charge in [-0.05, 0) is 41.7 Å². The van der Waals surface area contributed by atoms with E-state index < -0.39 is 0 Å². The molecule has 0 saturated heterocycles. The van der Waals surface area contributed by atoms with E-state index >= 15 is 0 Å². The van der Waals surface area contributed by atoms with E-state index in [9.17, 15) is 4.79 Å². The second-order valence-electron chi connectivity index (χ2n) is 7.07. The fourth-order valence-corrected chi connectivity index (χ4v) is 4.12. The zero-order valence-electron chi connectivity index (χ0n) is 14.4. The van der Waals surface area contributed by atoms with E-state index in [0.717, 1.165) is 28.5 Å². The van der Waals surface area contributed by atoms with Gasteiger partial charge in [0.1, 0.15) is 0 Å². The minimum absolute atomic E-state index is 0.0473. The van der Waals surface area contributed by atoms with Gasteiger partial charge in [0.25, 0.3) is 0 Å². The van der Waals surface area contributed by atoms with Crippen LogP contribution in [-0.2, 0) is 4.79 Å². The van der Waals surface area contributed by atoms with Crippen LogP contribution in [-0.4, -0.2) is 17.4 Å². The number of carbonyl (C=O) groups is 1. The summed E-state index contributed by atoms with van der Waals surface area (Å²) >= 11 is 12.6. The SMILES string of the molecule is CC1CC1C(=O)NCC(c1ccc(Cl)cc1Cl)c1c[nH]c2ccccc12. The Morgan fingerprint density at radius 1 is 1.23 bits per heavy atom. The minimum atomic E-state index is -0.0473. The lowest BCUT2D eigenvalue weighted by Gasteiger charge is -2.20. The van der Waals surface area contributed by atoms with Crippen LogP contribution in [0.2, 0.25) is 10.0 Å². The number of aromatic amines is 1. The Bertz CT molecular complexity index is 966. The number of carbonyl (C=O) groups excluding carboxylic acids is 1. The highest BCUT2D eigenvalue weighted by Crippen LogP contribution is 2.39. The van der Waals surface area contributed by atoms with Crippen LogP contribution in [0.5, 0.6) is 0 Å². The van der Waals surface area contributed by atoms with Crippen LogP contribution in [0, 0.1) is 11.8 Å². The second kappa shape index (κ2) is 6.98. The van der Waals surface area contributed by atoms with Crippen molar-refractivity contribution in [2.24, 2.45) is 11.8 Å². The van der Waals surface area contributed by atoms with Crippen molar-refractivity contribution in [2.75, 3.05) is 6.54 Å². The third kappa shape index (κ3) is 3.34. The summed E-state index contributed by atoms with van der Waals surface area (Å²) in [7, 11) is 0. The minimum Gasteiger partial charge on any atom is -0.361 e. The van der Waals surface area contributed by atoms with Gasteiger partial charge in [-0.3, -0.25) is 4.79 Å². The molecule has 4 rings (SSSR count). The van der Waals surface area contributed by atoms with Crippen molar-refractivity contribution < 1.29 is 4.79 Å². The molecule has 1 heterocycles. The standard InChI is InChI=1S/C21H20Cl2N2O/c1-12-8-16(12)21(26)25-11-17(14-7-6-13(22)9-19(14)23)18-10-24-20-5-3-2-4-15(18)20/h2-7,9-10,12,16-17,24H,8,11H2,1H3,(H,25,26).